The first-order valence-electron chi connectivity index (χ1n) is 5.32. The number of rotatable bonds is 3. The Hall–Kier alpha value is -2.83. The molecule has 0 radical (unpaired) electrons. The van der Waals surface area contributed by atoms with Crippen molar-refractivity contribution in [1.29, 1.82) is 0 Å². The molecular weight excluding hydrogens is 252 g/mol. The van der Waals surface area contributed by atoms with Crippen molar-refractivity contribution in [2.75, 3.05) is 5.32 Å². The molecule has 0 aliphatic rings. The standard InChI is InChI=1S/C12H10N2O5/c1-7-4-5-19-11(7)12(16)13-9-3-2-8(14(17)18)6-10(9)15/h2-6,15H,1H3,(H,13,16). The van der Waals surface area contributed by atoms with E-state index in [2.05, 4.69) is 5.32 Å². The number of furan rings is 1. The summed E-state index contributed by atoms with van der Waals surface area (Å²) in [5.41, 5.74) is 0.468. The van der Waals surface area contributed by atoms with Gasteiger partial charge in [-0.1, -0.05) is 0 Å². The Balaban J connectivity index is 2.23. The molecule has 2 aromatic rings. The highest BCUT2D eigenvalue weighted by Gasteiger charge is 2.16. The molecule has 0 atom stereocenters. The molecule has 1 aromatic heterocycles. The first kappa shape index (κ1) is 12.6. The van der Waals surface area contributed by atoms with E-state index in [1.165, 1.54) is 18.4 Å². The Morgan fingerprint density at radius 1 is 1.42 bits per heavy atom. The summed E-state index contributed by atoms with van der Waals surface area (Å²) in [6.45, 7) is 1.70. The van der Waals surface area contributed by atoms with E-state index >= 15 is 0 Å². The fourth-order valence-electron chi connectivity index (χ4n) is 1.52. The number of phenolic OH excluding ortho intramolecular Hbond substituents is 1. The van der Waals surface area contributed by atoms with Gasteiger partial charge in [-0.3, -0.25) is 14.9 Å². The SMILES string of the molecule is Cc1ccoc1C(=O)Nc1ccc([N+](=O)[O-])cc1O. The van der Waals surface area contributed by atoms with Gasteiger partial charge >= 0.3 is 0 Å². The van der Waals surface area contributed by atoms with Gasteiger partial charge in [-0.15, -0.1) is 0 Å². The number of aromatic hydroxyl groups is 1. The fourth-order valence-corrected chi connectivity index (χ4v) is 1.52. The molecule has 7 heteroatoms. The van der Waals surface area contributed by atoms with Crippen molar-refractivity contribution >= 4 is 17.3 Å². The Labute approximate surface area is 107 Å². The van der Waals surface area contributed by atoms with E-state index in [0.717, 1.165) is 6.07 Å². The molecule has 0 fully saturated rings. The van der Waals surface area contributed by atoms with Crippen LogP contribution in [0.25, 0.3) is 0 Å². The molecular formula is C12H10N2O5. The van der Waals surface area contributed by atoms with Crippen LogP contribution in [0.4, 0.5) is 11.4 Å². The molecule has 1 heterocycles. The van der Waals surface area contributed by atoms with Gasteiger partial charge in [0.05, 0.1) is 22.9 Å². The van der Waals surface area contributed by atoms with E-state index in [-0.39, 0.29) is 22.9 Å². The number of anilines is 1. The van der Waals surface area contributed by atoms with Crippen LogP contribution < -0.4 is 5.32 Å². The molecule has 0 spiro atoms. The normalized spacial score (nSPS) is 10.2. The second kappa shape index (κ2) is 4.81. The minimum absolute atomic E-state index is 0.0754. The van der Waals surface area contributed by atoms with Crippen molar-refractivity contribution in [1.82, 2.24) is 0 Å². The number of non-ortho nitro benzene ring substituents is 1. The minimum Gasteiger partial charge on any atom is -0.506 e. The number of benzene rings is 1. The number of hydrogen-bond donors (Lipinski definition) is 2. The molecule has 2 rings (SSSR count). The Kier molecular flexibility index (Phi) is 3.19. The van der Waals surface area contributed by atoms with Gasteiger partial charge in [-0.2, -0.15) is 0 Å². The third-order valence-electron chi connectivity index (χ3n) is 2.51. The largest absolute Gasteiger partial charge is 0.506 e. The van der Waals surface area contributed by atoms with Crippen LogP contribution in [0.2, 0.25) is 0 Å². The van der Waals surface area contributed by atoms with Gasteiger partial charge in [-0.25, -0.2) is 0 Å². The van der Waals surface area contributed by atoms with Gasteiger partial charge in [-0.05, 0) is 19.1 Å². The van der Waals surface area contributed by atoms with Gasteiger partial charge in [0.15, 0.2) is 5.76 Å². The van der Waals surface area contributed by atoms with Crippen LogP contribution in [0.3, 0.4) is 0 Å². The average molecular weight is 262 g/mol. The fraction of sp³-hybridized carbons (Fsp3) is 0.0833. The second-order valence-electron chi connectivity index (χ2n) is 3.85. The molecule has 0 unspecified atom stereocenters. The number of carbonyl (C=O) groups excluding carboxylic acids is 1. The zero-order valence-electron chi connectivity index (χ0n) is 9.91. The second-order valence-corrected chi connectivity index (χ2v) is 3.85. The van der Waals surface area contributed by atoms with Crippen molar-refractivity contribution in [3.05, 3.63) is 52.0 Å². The van der Waals surface area contributed by atoms with E-state index in [1.807, 2.05) is 0 Å². The Bertz CT molecular complexity index is 647. The molecule has 0 saturated carbocycles. The summed E-state index contributed by atoms with van der Waals surface area (Å²) in [5, 5.41) is 22.5. The molecule has 0 aliphatic heterocycles. The molecule has 7 nitrogen and oxygen atoms in total. The monoisotopic (exact) mass is 262 g/mol. The van der Waals surface area contributed by atoms with Gasteiger partial charge in [0.25, 0.3) is 11.6 Å². The number of hydrogen-bond acceptors (Lipinski definition) is 5. The summed E-state index contributed by atoms with van der Waals surface area (Å²) < 4.78 is 5.00. The first-order valence-corrected chi connectivity index (χ1v) is 5.32. The quantitative estimate of drug-likeness (QED) is 0.502. The molecule has 19 heavy (non-hydrogen) atoms. The van der Waals surface area contributed by atoms with Gasteiger partial charge in [0.2, 0.25) is 0 Å². The molecule has 2 N–H and O–H groups in total. The van der Waals surface area contributed by atoms with Crippen molar-refractivity contribution in [3.63, 3.8) is 0 Å². The number of nitrogens with zero attached hydrogens (tertiary/aromatic N) is 1. The van der Waals surface area contributed by atoms with Crippen molar-refractivity contribution in [3.8, 4) is 5.75 Å². The van der Waals surface area contributed by atoms with Crippen LogP contribution in [-0.4, -0.2) is 15.9 Å². The molecule has 98 valence electrons. The predicted molar refractivity (Wildman–Crippen MR) is 66.2 cm³/mol. The molecule has 0 bridgehead atoms. The number of nitro groups is 1. The van der Waals surface area contributed by atoms with Gasteiger partial charge < -0.3 is 14.8 Å². The molecule has 1 amide bonds. The molecule has 0 saturated heterocycles. The Morgan fingerprint density at radius 2 is 2.16 bits per heavy atom. The maximum atomic E-state index is 11.8. The van der Waals surface area contributed by atoms with Crippen LogP contribution in [0, 0.1) is 17.0 Å². The van der Waals surface area contributed by atoms with Crippen molar-refractivity contribution < 1.29 is 19.2 Å². The lowest BCUT2D eigenvalue weighted by Gasteiger charge is -2.06. The van der Waals surface area contributed by atoms with Crippen molar-refractivity contribution in [2.45, 2.75) is 6.92 Å². The average Bonchev–Trinajstić information content (AvgIpc) is 2.77. The number of aryl methyl sites for hydroxylation is 1. The van der Waals surface area contributed by atoms with Crippen LogP contribution in [-0.2, 0) is 0 Å². The number of amides is 1. The maximum absolute atomic E-state index is 11.8. The lowest BCUT2D eigenvalue weighted by Crippen LogP contribution is -2.12. The van der Waals surface area contributed by atoms with Crippen LogP contribution in [0.5, 0.6) is 5.75 Å². The zero-order chi connectivity index (χ0) is 14.0. The van der Waals surface area contributed by atoms with E-state index in [0.29, 0.717) is 5.56 Å². The topological polar surface area (TPSA) is 106 Å². The lowest BCUT2D eigenvalue weighted by atomic mass is 10.2. The number of phenols is 1. The number of nitrogens with one attached hydrogen (secondary N) is 1. The predicted octanol–water partition coefficient (Wildman–Crippen LogP) is 2.45. The summed E-state index contributed by atoms with van der Waals surface area (Å²) in [6.07, 6.45) is 1.37. The van der Waals surface area contributed by atoms with Crippen LogP contribution in [0.1, 0.15) is 16.1 Å². The third kappa shape index (κ3) is 2.54. The smallest absolute Gasteiger partial charge is 0.291 e. The summed E-state index contributed by atoms with van der Waals surface area (Å²) in [4.78, 5) is 21.7. The molecule has 1 aromatic carbocycles. The number of carbonyl (C=O) groups is 1. The Morgan fingerprint density at radius 3 is 2.68 bits per heavy atom. The van der Waals surface area contributed by atoms with Gasteiger partial charge in [0.1, 0.15) is 5.75 Å². The van der Waals surface area contributed by atoms with Crippen molar-refractivity contribution in [2.24, 2.45) is 0 Å². The van der Waals surface area contributed by atoms with Gasteiger partial charge in [0, 0.05) is 11.6 Å². The van der Waals surface area contributed by atoms with E-state index in [1.54, 1.807) is 13.0 Å². The highest BCUT2D eigenvalue weighted by molar-refractivity contribution is 6.04. The summed E-state index contributed by atoms with van der Waals surface area (Å²) >= 11 is 0. The van der Waals surface area contributed by atoms with Crippen LogP contribution >= 0.6 is 0 Å². The lowest BCUT2D eigenvalue weighted by molar-refractivity contribution is -0.384. The van der Waals surface area contributed by atoms with E-state index in [9.17, 15) is 20.0 Å². The minimum atomic E-state index is -0.637. The summed E-state index contributed by atoms with van der Waals surface area (Å²) in [6, 6.07) is 5.03. The highest BCUT2D eigenvalue weighted by atomic mass is 16.6. The number of nitro benzene ring substituents is 1. The third-order valence-corrected chi connectivity index (χ3v) is 2.51. The maximum Gasteiger partial charge on any atom is 0.291 e. The zero-order valence-corrected chi connectivity index (χ0v) is 9.91. The van der Waals surface area contributed by atoms with E-state index in [4.69, 9.17) is 4.42 Å². The molecule has 0 aliphatic carbocycles. The van der Waals surface area contributed by atoms with Crippen LogP contribution in [0.15, 0.2) is 34.9 Å². The summed E-state index contributed by atoms with van der Waals surface area (Å²) in [5.74, 6) is -0.795. The highest BCUT2D eigenvalue weighted by Crippen LogP contribution is 2.28. The first-order chi connectivity index (χ1) is 8.99. The summed E-state index contributed by atoms with van der Waals surface area (Å²) in [7, 11) is 0. The van der Waals surface area contributed by atoms with E-state index < -0.39 is 10.8 Å².